The molecule has 0 radical (unpaired) electrons. The molecule has 0 spiro atoms. The number of halogens is 1. The maximum absolute atomic E-state index is 14.4. The largest absolute Gasteiger partial charge is 0.489 e. The topological polar surface area (TPSA) is 90.5 Å². The number of nitrogens with zero attached hydrogens (tertiary/aromatic N) is 5. The smallest absolute Gasteiger partial charge is 0.169 e. The van der Waals surface area contributed by atoms with Gasteiger partial charge in [-0.25, -0.2) is 13.9 Å². The molecule has 5 rings (SSSR count). The first-order chi connectivity index (χ1) is 15.9. The lowest BCUT2D eigenvalue weighted by Gasteiger charge is -2.39. The molecule has 2 aliphatic heterocycles. The van der Waals surface area contributed by atoms with Crippen LogP contribution in [0.2, 0.25) is 0 Å². The van der Waals surface area contributed by atoms with Crippen LogP contribution in [0.1, 0.15) is 25.3 Å². The average molecular weight is 450 g/mol. The molecule has 2 fully saturated rings. The molecule has 33 heavy (non-hydrogen) atoms. The van der Waals surface area contributed by atoms with Crippen molar-refractivity contribution in [1.29, 1.82) is 5.26 Å². The first kappa shape index (κ1) is 21.6. The van der Waals surface area contributed by atoms with Crippen LogP contribution in [-0.4, -0.2) is 65.6 Å². The van der Waals surface area contributed by atoms with E-state index in [-0.39, 0.29) is 25.2 Å². The Morgan fingerprint density at radius 3 is 2.67 bits per heavy atom. The Labute approximate surface area is 192 Å². The van der Waals surface area contributed by atoms with Gasteiger partial charge in [-0.1, -0.05) is 0 Å². The van der Waals surface area contributed by atoms with Crippen LogP contribution >= 0.6 is 0 Å². The molecule has 2 saturated heterocycles. The van der Waals surface area contributed by atoms with Crippen molar-refractivity contribution in [2.24, 2.45) is 0 Å². The number of nitrogens with one attached hydrogen (secondary N) is 2. The van der Waals surface area contributed by atoms with Gasteiger partial charge >= 0.3 is 0 Å². The highest BCUT2D eigenvalue weighted by Crippen LogP contribution is 2.32. The Hall–Kier alpha value is -3.22. The molecule has 9 heteroatoms. The van der Waals surface area contributed by atoms with Crippen molar-refractivity contribution in [3.8, 4) is 22.9 Å². The summed E-state index contributed by atoms with van der Waals surface area (Å²) < 4.78 is 21.8. The second-order valence-electron chi connectivity index (χ2n) is 9.30. The number of anilines is 1. The number of rotatable bonds is 6. The Balaban J connectivity index is 1.43. The standard InChI is InChI=1S/C24H28FN7O/c1-23(27-2)5-7-31(8-6-23)21-4-3-17(11-29-21)20-9-19(33-16-24(25)14-28-15-24)13-32-22(20)18(10-26)12-30-32/h3-4,9,11-13,27-28H,5-8,14-16H2,1-2H3. The summed E-state index contributed by atoms with van der Waals surface area (Å²) in [6.07, 6.45) is 7.15. The number of fused-ring (bicyclic) bond motifs is 1. The van der Waals surface area contributed by atoms with E-state index in [9.17, 15) is 9.65 Å². The number of hydrogen-bond donors (Lipinski definition) is 2. The van der Waals surface area contributed by atoms with E-state index in [0.717, 1.165) is 42.9 Å². The highest BCUT2D eigenvalue weighted by atomic mass is 19.1. The summed E-state index contributed by atoms with van der Waals surface area (Å²) in [5, 5.41) is 20.2. The lowest BCUT2D eigenvalue weighted by molar-refractivity contribution is 0.0345. The van der Waals surface area contributed by atoms with Gasteiger partial charge in [0.25, 0.3) is 0 Å². The normalized spacial score (nSPS) is 19.2. The van der Waals surface area contributed by atoms with Crippen molar-refractivity contribution in [2.45, 2.75) is 31.0 Å². The third-order valence-electron chi connectivity index (χ3n) is 6.94. The first-order valence-corrected chi connectivity index (χ1v) is 11.3. The highest BCUT2D eigenvalue weighted by molar-refractivity contribution is 5.85. The van der Waals surface area contributed by atoms with Gasteiger partial charge in [0.1, 0.15) is 24.2 Å². The Morgan fingerprint density at radius 2 is 2.06 bits per heavy atom. The van der Waals surface area contributed by atoms with E-state index in [1.54, 1.807) is 10.7 Å². The second kappa shape index (κ2) is 8.28. The number of pyridine rings is 2. The number of piperidine rings is 1. The maximum Gasteiger partial charge on any atom is 0.169 e. The number of aromatic nitrogens is 3. The molecule has 0 aromatic carbocycles. The van der Waals surface area contributed by atoms with Crippen LogP contribution in [0, 0.1) is 11.3 Å². The van der Waals surface area contributed by atoms with E-state index >= 15 is 0 Å². The molecule has 3 aromatic rings. The third-order valence-corrected chi connectivity index (χ3v) is 6.94. The van der Waals surface area contributed by atoms with Crippen LogP contribution in [0.4, 0.5) is 10.2 Å². The summed E-state index contributed by atoms with van der Waals surface area (Å²) >= 11 is 0. The third kappa shape index (κ3) is 4.12. The van der Waals surface area contributed by atoms with Crippen LogP contribution in [-0.2, 0) is 0 Å². The minimum absolute atomic E-state index is 0.0327. The molecule has 0 aliphatic carbocycles. The van der Waals surface area contributed by atoms with Crippen LogP contribution in [0.25, 0.3) is 16.6 Å². The van der Waals surface area contributed by atoms with E-state index in [2.05, 4.69) is 33.6 Å². The van der Waals surface area contributed by atoms with Gasteiger partial charge in [0.2, 0.25) is 0 Å². The summed E-state index contributed by atoms with van der Waals surface area (Å²) in [5.41, 5.74) is 1.60. The van der Waals surface area contributed by atoms with Gasteiger partial charge in [-0.3, -0.25) is 0 Å². The molecule has 3 aromatic heterocycles. The molecular formula is C24H28FN7O. The highest BCUT2D eigenvalue weighted by Gasteiger charge is 2.38. The zero-order valence-electron chi connectivity index (χ0n) is 18.9. The Morgan fingerprint density at radius 1 is 1.27 bits per heavy atom. The predicted molar refractivity (Wildman–Crippen MR) is 124 cm³/mol. The molecule has 0 bridgehead atoms. The fourth-order valence-corrected chi connectivity index (χ4v) is 4.40. The van der Waals surface area contributed by atoms with E-state index in [1.807, 2.05) is 31.4 Å². The van der Waals surface area contributed by atoms with E-state index in [1.165, 1.54) is 6.20 Å². The molecular weight excluding hydrogens is 421 g/mol. The maximum atomic E-state index is 14.4. The molecule has 5 heterocycles. The SMILES string of the molecule is CNC1(C)CCN(c2ccc(-c3cc(OCC4(F)CNC4)cn4ncc(C#N)c34)cn2)CC1. The van der Waals surface area contributed by atoms with Gasteiger partial charge < -0.3 is 20.3 Å². The van der Waals surface area contributed by atoms with Crippen LogP contribution in [0.5, 0.6) is 5.75 Å². The quantitative estimate of drug-likeness (QED) is 0.598. The summed E-state index contributed by atoms with van der Waals surface area (Å²) in [7, 11) is 2.02. The average Bonchev–Trinajstić information content (AvgIpc) is 3.25. The fraction of sp³-hybridized carbons (Fsp3) is 0.458. The van der Waals surface area contributed by atoms with Crippen LogP contribution < -0.4 is 20.3 Å². The van der Waals surface area contributed by atoms with E-state index in [4.69, 9.17) is 9.72 Å². The van der Waals surface area contributed by atoms with Gasteiger partial charge in [-0.15, -0.1) is 0 Å². The van der Waals surface area contributed by atoms with E-state index < -0.39 is 5.67 Å². The summed E-state index contributed by atoms with van der Waals surface area (Å²) in [4.78, 5) is 7.02. The van der Waals surface area contributed by atoms with E-state index in [0.29, 0.717) is 16.8 Å². The molecule has 2 aliphatic rings. The Kier molecular flexibility index (Phi) is 5.43. The summed E-state index contributed by atoms with van der Waals surface area (Å²) in [5.74, 6) is 1.44. The van der Waals surface area contributed by atoms with Crippen molar-refractivity contribution in [3.05, 3.63) is 42.4 Å². The summed E-state index contributed by atoms with van der Waals surface area (Å²) in [6, 6.07) is 8.06. The van der Waals surface area contributed by atoms with Crippen molar-refractivity contribution >= 4 is 11.3 Å². The molecule has 0 unspecified atom stereocenters. The molecule has 2 N–H and O–H groups in total. The predicted octanol–water partition coefficient (Wildman–Crippen LogP) is 2.54. The minimum atomic E-state index is -1.35. The van der Waals surface area contributed by atoms with Crippen molar-refractivity contribution in [3.63, 3.8) is 0 Å². The zero-order chi connectivity index (χ0) is 23.1. The summed E-state index contributed by atoms with van der Waals surface area (Å²) in [6.45, 7) is 4.69. The molecule has 0 saturated carbocycles. The molecule has 0 amide bonds. The van der Waals surface area contributed by atoms with Gasteiger partial charge in [-0.05, 0) is 45.0 Å². The van der Waals surface area contributed by atoms with Crippen LogP contribution in [0.15, 0.2) is 36.8 Å². The lowest BCUT2D eigenvalue weighted by atomic mass is 9.90. The number of alkyl halides is 1. The second-order valence-corrected chi connectivity index (χ2v) is 9.30. The first-order valence-electron chi connectivity index (χ1n) is 11.3. The molecule has 0 atom stereocenters. The number of nitriles is 1. The number of ether oxygens (including phenoxy) is 1. The lowest BCUT2D eigenvalue weighted by Crippen LogP contribution is -2.59. The van der Waals surface area contributed by atoms with Gasteiger partial charge in [0, 0.05) is 49.0 Å². The monoisotopic (exact) mass is 449 g/mol. The van der Waals surface area contributed by atoms with Gasteiger partial charge in [0.05, 0.1) is 23.5 Å². The molecule has 172 valence electrons. The van der Waals surface area contributed by atoms with Crippen molar-refractivity contribution in [1.82, 2.24) is 25.2 Å². The van der Waals surface area contributed by atoms with Crippen molar-refractivity contribution < 1.29 is 9.13 Å². The zero-order valence-corrected chi connectivity index (χ0v) is 18.9. The number of hydrogen-bond acceptors (Lipinski definition) is 7. The van der Waals surface area contributed by atoms with Gasteiger partial charge in [0.15, 0.2) is 5.67 Å². The van der Waals surface area contributed by atoms with Crippen LogP contribution in [0.3, 0.4) is 0 Å². The van der Waals surface area contributed by atoms with Crippen molar-refractivity contribution in [2.75, 3.05) is 44.7 Å². The van der Waals surface area contributed by atoms with Gasteiger partial charge in [-0.2, -0.15) is 10.4 Å². The Bertz CT molecular complexity index is 1190. The minimum Gasteiger partial charge on any atom is -0.489 e. The fourth-order valence-electron chi connectivity index (χ4n) is 4.40. The molecule has 8 nitrogen and oxygen atoms in total.